The Morgan fingerprint density at radius 1 is 0.912 bits per heavy atom. The summed E-state index contributed by atoms with van der Waals surface area (Å²) in [6.45, 7) is 8.20. The van der Waals surface area contributed by atoms with Gasteiger partial charge in [-0.15, -0.1) is 0 Å². The topological polar surface area (TPSA) is 51.9 Å². The maximum absolute atomic E-state index is 5.93. The molecule has 2 aromatic heterocycles. The first-order valence-corrected chi connectivity index (χ1v) is 12.2. The number of ether oxygens (including phenoxy) is 2. The van der Waals surface area contributed by atoms with Gasteiger partial charge in [-0.25, -0.2) is 9.50 Å². The minimum atomic E-state index is 0.130. The zero-order chi connectivity index (χ0) is 23.3. The van der Waals surface area contributed by atoms with Crippen LogP contribution in [0.5, 0.6) is 11.5 Å². The van der Waals surface area contributed by atoms with Crippen LogP contribution in [0, 0.1) is 0 Å². The molecule has 0 amide bonds. The summed E-state index contributed by atoms with van der Waals surface area (Å²) < 4.78 is 13.7. The molecule has 0 atom stereocenters. The lowest BCUT2D eigenvalue weighted by Gasteiger charge is -2.14. The third kappa shape index (κ3) is 5.39. The molecule has 1 aliphatic rings. The van der Waals surface area contributed by atoms with E-state index in [-0.39, 0.29) is 6.10 Å². The zero-order valence-corrected chi connectivity index (χ0v) is 20.0. The summed E-state index contributed by atoms with van der Waals surface area (Å²) in [6, 6.07) is 22.5. The van der Waals surface area contributed by atoms with E-state index in [4.69, 9.17) is 19.6 Å². The van der Waals surface area contributed by atoms with Gasteiger partial charge in [-0.05, 0) is 81.7 Å². The summed E-state index contributed by atoms with van der Waals surface area (Å²) >= 11 is 0. The van der Waals surface area contributed by atoms with Crippen LogP contribution in [0.4, 0.5) is 0 Å². The Morgan fingerprint density at radius 3 is 2.50 bits per heavy atom. The van der Waals surface area contributed by atoms with E-state index in [2.05, 4.69) is 35.2 Å². The van der Waals surface area contributed by atoms with E-state index in [0.29, 0.717) is 6.42 Å². The Bertz CT molecular complexity index is 1230. The maximum atomic E-state index is 5.93. The van der Waals surface area contributed by atoms with Gasteiger partial charge in [0.1, 0.15) is 18.1 Å². The average molecular weight is 457 g/mol. The fourth-order valence-corrected chi connectivity index (χ4v) is 4.43. The van der Waals surface area contributed by atoms with Crippen LogP contribution < -0.4 is 9.47 Å². The molecule has 176 valence electrons. The minimum absolute atomic E-state index is 0.130. The molecule has 0 aliphatic carbocycles. The molecule has 34 heavy (non-hydrogen) atoms. The number of nitrogens with zero attached hydrogens (tertiary/aromatic N) is 4. The van der Waals surface area contributed by atoms with Crippen LogP contribution in [-0.2, 0) is 6.42 Å². The van der Waals surface area contributed by atoms with Crippen molar-refractivity contribution in [3.8, 4) is 22.8 Å². The van der Waals surface area contributed by atoms with Crippen LogP contribution in [0.2, 0.25) is 0 Å². The van der Waals surface area contributed by atoms with Crippen molar-refractivity contribution in [2.45, 2.75) is 39.2 Å². The molecule has 1 saturated heterocycles. The summed E-state index contributed by atoms with van der Waals surface area (Å²) in [4.78, 5) is 7.23. The van der Waals surface area contributed by atoms with Crippen LogP contribution >= 0.6 is 0 Å². The number of pyridine rings is 1. The molecular weight excluding hydrogens is 424 g/mol. The Balaban J connectivity index is 1.28. The van der Waals surface area contributed by atoms with Crippen LogP contribution in [0.3, 0.4) is 0 Å². The first kappa shape index (κ1) is 22.4. The third-order valence-electron chi connectivity index (χ3n) is 6.07. The van der Waals surface area contributed by atoms with E-state index in [1.54, 1.807) is 0 Å². The van der Waals surface area contributed by atoms with Gasteiger partial charge in [-0.2, -0.15) is 5.10 Å². The minimum Gasteiger partial charge on any atom is -0.492 e. The molecule has 1 fully saturated rings. The molecule has 6 nitrogen and oxygen atoms in total. The van der Waals surface area contributed by atoms with E-state index in [9.17, 15) is 0 Å². The highest BCUT2D eigenvalue weighted by atomic mass is 16.5. The van der Waals surface area contributed by atoms with Gasteiger partial charge in [-0.1, -0.05) is 30.3 Å². The number of benzene rings is 2. The van der Waals surface area contributed by atoms with Crippen molar-refractivity contribution in [2.75, 3.05) is 26.2 Å². The molecule has 1 aliphatic heterocycles. The van der Waals surface area contributed by atoms with Crippen molar-refractivity contribution in [1.82, 2.24) is 19.5 Å². The molecule has 4 aromatic rings. The van der Waals surface area contributed by atoms with Gasteiger partial charge in [0, 0.05) is 18.5 Å². The molecule has 0 radical (unpaired) electrons. The van der Waals surface area contributed by atoms with Gasteiger partial charge in [0.05, 0.1) is 11.8 Å². The molecule has 0 unspecified atom stereocenters. The molecule has 0 saturated carbocycles. The van der Waals surface area contributed by atoms with Gasteiger partial charge < -0.3 is 9.47 Å². The van der Waals surface area contributed by atoms with Gasteiger partial charge in [-0.3, -0.25) is 4.90 Å². The van der Waals surface area contributed by atoms with Crippen molar-refractivity contribution >= 4 is 5.65 Å². The second kappa shape index (κ2) is 10.3. The Morgan fingerprint density at radius 2 is 1.71 bits per heavy atom. The molecule has 5 rings (SSSR count). The van der Waals surface area contributed by atoms with E-state index >= 15 is 0 Å². The largest absolute Gasteiger partial charge is 0.492 e. The lowest BCUT2D eigenvalue weighted by Crippen LogP contribution is -2.25. The highest BCUT2D eigenvalue weighted by Crippen LogP contribution is 2.25. The van der Waals surface area contributed by atoms with Crippen LogP contribution in [0.15, 0.2) is 66.7 Å². The fourth-order valence-electron chi connectivity index (χ4n) is 4.43. The normalized spacial score (nSPS) is 14.2. The van der Waals surface area contributed by atoms with Crippen LogP contribution in [0.1, 0.15) is 38.1 Å². The Hall–Kier alpha value is -3.38. The van der Waals surface area contributed by atoms with Crippen molar-refractivity contribution in [2.24, 2.45) is 0 Å². The second-order valence-corrected chi connectivity index (χ2v) is 9.12. The number of likely N-dealkylation sites (tertiary alicyclic amines) is 1. The summed E-state index contributed by atoms with van der Waals surface area (Å²) in [6.07, 6.45) is 3.43. The standard InChI is InChI=1S/C28H32N4O2/c1-21(2)34-25-8-5-7-23(20-25)26-9-6-10-28-29-27(30-32(26)28)19-22-11-13-24(14-12-22)33-18-17-31-15-3-4-16-31/h5-14,20-21H,3-4,15-19H2,1-2H3. The van der Waals surface area contributed by atoms with Gasteiger partial charge >= 0.3 is 0 Å². The first-order valence-electron chi connectivity index (χ1n) is 12.2. The predicted molar refractivity (Wildman–Crippen MR) is 135 cm³/mol. The molecule has 0 bridgehead atoms. The molecule has 0 N–H and O–H groups in total. The second-order valence-electron chi connectivity index (χ2n) is 9.12. The van der Waals surface area contributed by atoms with Crippen molar-refractivity contribution < 1.29 is 9.47 Å². The third-order valence-corrected chi connectivity index (χ3v) is 6.07. The quantitative estimate of drug-likeness (QED) is 0.344. The van der Waals surface area contributed by atoms with E-state index in [1.807, 2.05) is 54.8 Å². The molecule has 3 heterocycles. The Labute approximate surface area is 201 Å². The number of fused-ring (bicyclic) bond motifs is 1. The van der Waals surface area contributed by atoms with Crippen LogP contribution in [0.25, 0.3) is 16.9 Å². The summed E-state index contributed by atoms with van der Waals surface area (Å²) in [5.41, 5.74) is 4.05. The average Bonchev–Trinajstić information content (AvgIpc) is 3.49. The lowest BCUT2D eigenvalue weighted by molar-refractivity contribution is 0.238. The van der Waals surface area contributed by atoms with E-state index in [0.717, 1.165) is 52.9 Å². The Kier molecular flexibility index (Phi) is 6.77. The summed E-state index contributed by atoms with van der Waals surface area (Å²) in [7, 11) is 0. The van der Waals surface area contributed by atoms with Gasteiger partial charge in [0.25, 0.3) is 0 Å². The highest BCUT2D eigenvalue weighted by Gasteiger charge is 2.12. The predicted octanol–water partition coefficient (Wildman–Crippen LogP) is 5.25. The molecular formula is C28H32N4O2. The summed E-state index contributed by atoms with van der Waals surface area (Å²) in [5, 5.41) is 4.82. The number of hydrogen-bond donors (Lipinski definition) is 0. The smallest absolute Gasteiger partial charge is 0.156 e. The monoisotopic (exact) mass is 456 g/mol. The van der Waals surface area contributed by atoms with Crippen LogP contribution in [-0.4, -0.2) is 51.8 Å². The lowest BCUT2D eigenvalue weighted by atomic mass is 10.1. The van der Waals surface area contributed by atoms with Crippen molar-refractivity contribution in [3.63, 3.8) is 0 Å². The fraction of sp³-hybridized carbons (Fsp3) is 0.357. The van der Waals surface area contributed by atoms with E-state index < -0.39 is 0 Å². The number of aromatic nitrogens is 3. The zero-order valence-electron chi connectivity index (χ0n) is 20.0. The van der Waals surface area contributed by atoms with Gasteiger partial charge in [0.15, 0.2) is 11.5 Å². The molecule has 0 spiro atoms. The first-order chi connectivity index (χ1) is 16.6. The molecule has 2 aromatic carbocycles. The number of rotatable bonds is 9. The SMILES string of the molecule is CC(C)Oc1cccc(-c2cccc3nc(Cc4ccc(OCCN5CCCC5)cc4)nn23)c1. The maximum Gasteiger partial charge on any atom is 0.156 e. The van der Waals surface area contributed by atoms with Crippen molar-refractivity contribution in [3.05, 3.63) is 78.1 Å². The van der Waals surface area contributed by atoms with E-state index in [1.165, 1.54) is 25.9 Å². The van der Waals surface area contributed by atoms with Gasteiger partial charge in [0.2, 0.25) is 0 Å². The molecule has 6 heteroatoms. The summed E-state index contributed by atoms with van der Waals surface area (Å²) in [5.74, 6) is 2.56. The van der Waals surface area contributed by atoms with Crippen molar-refractivity contribution in [1.29, 1.82) is 0 Å². The highest BCUT2D eigenvalue weighted by molar-refractivity contribution is 5.64. The number of hydrogen-bond acceptors (Lipinski definition) is 5.